The molecule has 7 nitrogen and oxygen atoms in total. The number of hydrogen-bond acceptors (Lipinski definition) is 4. The summed E-state index contributed by atoms with van der Waals surface area (Å²) in [5, 5.41) is 15.8. The molecule has 3 rings (SSSR count). The Bertz CT molecular complexity index is 877. The van der Waals surface area contributed by atoms with Crippen molar-refractivity contribution < 1.29 is 4.42 Å². The van der Waals surface area contributed by atoms with Gasteiger partial charge in [-0.05, 0) is 19.1 Å². The summed E-state index contributed by atoms with van der Waals surface area (Å²) in [6.45, 7) is 9.86. The number of nitrogens with one attached hydrogen (secondary N) is 2. The van der Waals surface area contributed by atoms with Crippen LogP contribution in [0.1, 0.15) is 31.5 Å². The summed E-state index contributed by atoms with van der Waals surface area (Å²) >= 11 is 0. The van der Waals surface area contributed by atoms with Crippen molar-refractivity contribution in [3.63, 3.8) is 0 Å². The Labute approximate surface area is 159 Å². The molecule has 1 atom stereocenters. The number of fused-ring (bicyclic) bond motifs is 1. The Kier molecular flexibility index (Phi) is 6.25. The average molecular weight is 366 g/mol. The molecule has 142 valence electrons. The maximum Gasteiger partial charge on any atom is 0.192 e. The van der Waals surface area contributed by atoms with E-state index in [1.54, 1.807) is 12.4 Å². The lowest BCUT2D eigenvalue weighted by Crippen LogP contribution is -2.39. The number of benzene rings is 1. The summed E-state index contributed by atoms with van der Waals surface area (Å²) < 4.78 is 7.97. The van der Waals surface area contributed by atoms with Crippen molar-refractivity contribution >= 4 is 16.9 Å². The lowest BCUT2D eigenvalue weighted by molar-refractivity contribution is 0.488. The SMILES string of the molecule is C=CCNC(=NCCn1cnnc1CC)NC(C)c1cc2ccccc2o1. The summed E-state index contributed by atoms with van der Waals surface area (Å²) in [6, 6.07) is 10.0. The molecule has 27 heavy (non-hydrogen) atoms. The molecule has 1 aromatic carbocycles. The Morgan fingerprint density at radius 3 is 3.04 bits per heavy atom. The van der Waals surface area contributed by atoms with Gasteiger partial charge in [0.1, 0.15) is 23.5 Å². The van der Waals surface area contributed by atoms with Crippen LogP contribution >= 0.6 is 0 Å². The highest BCUT2D eigenvalue weighted by Crippen LogP contribution is 2.23. The molecule has 0 aliphatic carbocycles. The highest BCUT2D eigenvalue weighted by Gasteiger charge is 2.13. The summed E-state index contributed by atoms with van der Waals surface area (Å²) in [5.74, 6) is 2.56. The van der Waals surface area contributed by atoms with Gasteiger partial charge < -0.3 is 19.6 Å². The highest BCUT2D eigenvalue weighted by molar-refractivity contribution is 5.81. The van der Waals surface area contributed by atoms with Gasteiger partial charge in [0.2, 0.25) is 0 Å². The zero-order chi connectivity index (χ0) is 19.1. The molecule has 0 fully saturated rings. The normalized spacial score (nSPS) is 12.9. The topological polar surface area (TPSA) is 80.3 Å². The first kappa shape index (κ1) is 18.7. The third-order valence-corrected chi connectivity index (χ3v) is 4.26. The summed E-state index contributed by atoms with van der Waals surface area (Å²) in [6.07, 6.45) is 4.40. The number of nitrogens with zero attached hydrogens (tertiary/aromatic N) is 4. The molecular weight excluding hydrogens is 340 g/mol. The van der Waals surface area contributed by atoms with E-state index in [0.717, 1.165) is 35.5 Å². The quantitative estimate of drug-likeness (QED) is 0.364. The third-order valence-electron chi connectivity index (χ3n) is 4.26. The van der Waals surface area contributed by atoms with Gasteiger partial charge in [-0.15, -0.1) is 16.8 Å². The van der Waals surface area contributed by atoms with E-state index in [-0.39, 0.29) is 6.04 Å². The van der Waals surface area contributed by atoms with Gasteiger partial charge in [0.05, 0.1) is 12.6 Å². The molecule has 0 aliphatic heterocycles. The maximum atomic E-state index is 5.94. The molecule has 0 saturated heterocycles. The second-order valence-electron chi connectivity index (χ2n) is 6.25. The molecule has 0 amide bonds. The minimum absolute atomic E-state index is 0.0189. The number of guanidine groups is 1. The Morgan fingerprint density at radius 2 is 2.26 bits per heavy atom. The van der Waals surface area contributed by atoms with Crippen molar-refractivity contribution in [2.24, 2.45) is 4.99 Å². The minimum Gasteiger partial charge on any atom is -0.459 e. The van der Waals surface area contributed by atoms with Crippen LogP contribution in [-0.2, 0) is 13.0 Å². The lowest BCUT2D eigenvalue weighted by Gasteiger charge is -2.16. The zero-order valence-electron chi connectivity index (χ0n) is 15.9. The number of aromatic nitrogens is 3. The van der Waals surface area contributed by atoms with Crippen LogP contribution in [0.25, 0.3) is 11.0 Å². The number of aliphatic imine (C=N–C) groups is 1. The number of furan rings is 1. The second kappa shape index (κ2) is 9.02. The summed E-state index contributed by atoms with van der Waals surface area (Å²) in [4.78, 5) is 4.66. The summed E-state index contributed by atoms with van der Waals surface area (Å²) in [5.41, 5.74) is 0.887. The van der Waals surface area contributed by atoms with Crippen molar-refractivity contribution in [2.45, 2.75) is 32.9 Å². The van der Waals surface area contributed by atoms with E-state index in [0.29, 0.717) is 19.0 Å². The lowest BCUT2D eigenvalue weighted by atomic mass is 10.2. The second-order valence-corrected chi connectivity index (χ2v) is 6.25. The van der Waals surface area contributed by atoms with Gasteiger partial charge in [-0.3, -0.25) is 4.99 Å². The molecule has 0 spiro atoms. The van der Waals surface area contributed by atoms with Crippen molar-refractivity contribution in [1.29, 1.82) is 0 Å². The molecule has 2 aromatic heterocycles. The van der Waals surface area contributed by atoms with Gasteiger partial charge in [-0.2, -0.15) is 0 Å². The number of para-hydroxylation sites is 1. The molecule has 2 heterocycles. The van der Waals surface area contributed by atoms with Gasteiger partial charge in [-0.1, -0.05) is 31.2 Å². The molecule has 0 radical (unpaired) electrons. The van der Waals surface area contributed by atoms with E-state index in [4.69, 9.17) is 4.42 Å². The Balaban J connectivity index is 1.66. The van der Waals surface area contributed by atoms with E-state index in [1.807, 2.05) is 28.8 Å². The Morgan fingerprint density at radius 1 is 1.41 bits per heavy atom. The van der Waals surface area contributed by atoms with Crippen LogP contribution < -0.4 is 10.6 Å². The number of rotatable bonds is 8. The fourth-order valence-electron chi connectivity index (χ4n) is 2.82. The third kappa shape index (κ3) is 4.75. The first-order valence-corrected chi connectivity index (χ1v) is 9.22. The smallest absolute Gasteiger partial charge is 0.192 e. The predicted molar refractivity (Wildman–Crippen MR) is 108 cm³/mol. The monoisotopic (exact) mass is 366 g/mol. The van der Waals surface area contributed by atoms with Gasteiger partial charge in [0.15, 0.2) is 5.96 Å². The predicted octanol–water partition coefficient (Wildman–Crippen LogP) is 3.07. The molecule has 3 aromatic rings. The van der Waals surface area contributed by atoms with E-state index < -0.39 is 0 Å². The molecular formula is C20H26N6O. The van der Waals surface area contributed by atoms with Crippen molar-refractivity contribution in [1.82, 2.24) is 25.4 Å². The van der Waals surface area contributed by atoms with Crippen LogP contribution in [0.2, 0.25) is 0 Å². The average Bonchev–Trinajstić information content (AvgIpc) is 3.32. The number of hydrogen-bond donors (Lipinski definition) is 2. The van der Waals surface area contributed by atoms with Crippen LogP contribution in [0, 0.1) is 0 Å². The van der Waals surface area contributed by atoms with Gasteiger partial charge in [0, 0.05) is 24.9 Å². The maximum absolute atomic E-state index is 5.94. The van der Waals surface area contributed by atoms with E-state index >= 15 is 0 Å². The molecule has 0 saturated carbocycles. The van der Waals surface area contributed by atoms with E-state index in [2.05, 4.69) is 52.3 Å². The van der Waals surface area contributed by atoms with Gasteiger partial charge in [-0.25, -0.2) is 0 Å². The minimum atomic E-state index is -0.0189. The highest BCUT2D eigenvalue weighted by atomic mass is 16.3. The van der Waals surface area contributed by atoms with E-state index in [9.17, 15) is 0 Å². The number of aryl methyl sites for hydroxylation is 1. The first-order valence-electron chi connectivity index (χ1n) is 9.22. The van der Waals surface area contributed by atoms with Crippen LogP contribution in [0.4, 0.5) is 0 Å². The van der Waals surface area contributed by atoms with Gasteiger partial charge in [0.25, 0.3) is 0 Å². The van der Waals surface area contributed by atoms with Crippen molar-refractivity contribution in [3.05, 3.63) is 60.9 Å². The summed E-state index contributed by atoms with van der Waals surface area (Å²) in [7, 11) is 0. The largest absolute Gasteiger partial charge is 0.459 e. The molecule has 7 heteroatoms. The van der Waals surface area contributed by atoms with E-state index in [1.165, 1.54) is 0 Å². The van der Waals surface area contributed by atoms with Crippen LogP contribution in [0.15, 0.2) is 58.7 Å². The first-order chi connectivity index (χ1) is 13.2. The van der Waals surface area contributed by atoms with Crippen molar-refractivity contribution in [2.75, 3.05) is 13.1 Å². The van der Waals surface area contributed by atoms with Crippen LogP contribution in [0.3, 0.4) is 0 Å². The standard InChI is InChI=1S/C20H26N6O/c1-4-10-21-20(22-11-12-26-14-23-25-19(26)5-2)24-15(3)18-13-16-8-6-7-9-17(16)27-18/h4,6-9,13-15H,1,5,10-12H2,2-3H3,(H2,21,22,24). The van der Waals surface area contributed by atoms with Gasteiger partial charge >= 0.3 is 0 Å². The molecule has 0 bridgehead atoms. The molecule has 2 N–H and O–H groups in total. The van der Waals surface area contributed by atoms with Crippen LogP contribution in [0.5, 0.6) is 0 Å². The molecule has 1 unspecified atom stereocenters. The van der Waals surface area contributed by atoms with Crippen LogP contribution in [-0.4, -0.2) is 33.8 Å². The fraction of sp³-hybridized carbons (Fsp3) is 0.350. The van der Waals surface area contributed by atoms with Crippen molar-refractivity contribution in [3.8, 4) is 0 Å². The Hall–Kier alpha value is -3.09. The molecule has 0 aliphatic rings. The fourth-order valence-corrected chi connectivity index (χ4v) is 2.82. The zero-order valence-corrected chi connectivity index (χ0v) is 15.9.